The molecule has 1 saturated heterocycles. The van der Waals surface area contributed by atoms with Gasteiger partial charge < -0.3 is 15.4 Å². The molecule has 0 saturated carbocycles. The average Bonchev–Trinajstić information content (AvgIpc) is 2.34. The van der Waals surface area contributed by atoms with E-state index in [9.17, 15) is 4.39 Å². The van der Waals surface area contributed by atoms with Crippen molar-refractivity contribution in [3.63, 3.8) is 0 Å². The van der Waals surface area contributed by atoms with Crippen molar-refractivity contribution >= 4 is 11.4 Å². The third-order valence-electron chi connectivity index (χ3n) is 4.21. The molecule has 2 N–H and O–H groups in total. The van der Waals surface area contributed by atoms with Gasteiger partial charge in [-0.3, -0.25) is 0 Å². The second-order valence-electron chi connectivity index (χ2n) is 5.76. The van der Waals surface area contributed by atoms with Crippen LogP contribution in [0.4, 0.5) is 15.8 Å². The van der Waals surface area contributed by atoms with Crippen LogP contribution >= 0.6 is 0 Å². The zero-order valence-electron chi connectivity index (χ0n) is 12.1. The maximum Gasteiger partial charge on any atom is 0.167 e. The van der Waals surface area contributed by atoms with Crippen LogP contribution in [0.5, 0.6) is 5.75 Å². The molecule has 0 aromatic heterocycles. The van der Waals surface area contributed by atoms with E-state index < -0.39 is 5.82 Å². The van der Waals surface area contributed by atoms with Crippen molar-refractivity contribution < 1.29 is 9.13 Å². The third kappa shape index (κ3) is 2.62. The van der Waals surface area contributed by atoms with Crippen LogP contribution in [0.3, 0.4) is 0 Å². The molecule has 0 spiro atoms. The fraction of sp³-hybridized carbons (Fsp3) is 0.600. The van der Waals surface area contributed by atoms with Gasteiger partial charge in [0.1, 0.15) is 0 Å². The molecule has 106 valence electrons. The Kier molecular flexibility index (Phi) is 3.88. The molecule has 1 heterocycles. The van der Waals surface area contributed by atoms with Crippen molar-refractivity contribution in [2.75, 3.05) is 24.3 Å². The molecule has 1 aliphatic heterocycles. The zero-order valence-corrected chi connectivity index (χ0v) is 12.1. The molecular weight excluding hydrogens is 243 g/mol. The number of hydrogen-bond donors (Lipinski definition) is 1. The molecule has 1 aromatic rings. The number of halogens is 1. The number of hydrogen-bond acceptors (Lipinski definition) is 3. The van der Waals surface area contributed by atoms with E-state index in [2.05, 4.69) is 25.7 Å². The molecule has 3 atom stereocenters. The molecule has 2 rings (SSSR count). The Balaban J connectivity index is 2.39. The number of nitrogens with two attached hydrogens (primary N) is 1. The van der Waals surface area contributed by atoms with Crippen LogP contribution < -0.4 is 15.4 Å². The van der Waals surface area contributed by atoms with Gasteiger partial charge in [-0.15, -0.1) is 0 Å². The summed E-state index contributed by atoms with van der Waals surface area (Å²) in [6.07, 6.45) is 1.22. The van der Waals surface area contributed by atoms with Gasteiger partial charge in [-0.25, -0.2) is 4.39 Å². The lowest BCUT2D eigenvalue weighted by Gasteiger charge is -2.43. The van der Waals surface area contributed by atoms with Gasteiger partial charge in [-0.2, -0.15) is 0 Å². The summed E-state index contributed by atoms with van der Waals surface area (Å²) in [7, 11) is 1.48. The molecule has 3 unspecified atom stereocenters. The minimum Gasteiger partial charge on any atom is -0.494 e. The molecule has 0 radical (unpaired) electrons. The normalized spacial score (nSPS) is 27.4. The van der Waals surface area contributed by atoms with Gasteiger partial charge in [0, 0.05) is 24.7 Å². The highest BCUT2D eigenvalue weighted by Gasteiger charge is 2.30. The summed E-state index contributed by atoms with van der Waals surface area (Å²) in [5.74, 6) is 1.05. The summed E-state index contributed by atoms with van der Waals surface area (Å²) in [6, 6.07) is 3.46. The maximum atomic E-state index is 13.6. The van der Waals surface area contributed by atoms with Gasteiger partial charge >= 0.3 is 0 Å². The predicted molar refractivity (Wildman–Crippen MR) is 77.1 cm³/mol. The number of ether oxygens (including phenoxy) is 1. The highest BCUT2D eigenvalue weighted by molar-refractivity contribution is 5.70. The van der Waals surface area contributed by atoms with Gasteiger partial charge in [-0.1, -0.05) is 13.8 Å². The second kappa shape index (κ2) is 5.27. The minimum atomic E-state index is -0.408. The SMILES string of the molecule is COc1cc(N2CC(C)CC(C)C2C)c(N)cc1F. The summed E-state index contributed by atoms with van der Waals surface area (Å²) in [4.78, 5) is 2.27. The van der Waals surface area contributed by atoms with Gasteiger partial charge in [0.2, 0.25) is 0 Å². The Hall–Kier alpha value is -1.45. The highest BCUT2D eigenvalue weighted by atomic mass is 19.1. The van der Waals surface area contributed by atoms with Crippen LogP contribution in [0.1, 0.15) is 27.2 Å². The monoisotopic (exact) mass is 266 g/mol. The predicted octanol–water partition coefficient (Wildman–Crippen LogP) is 3.29. The Morgan fingerprint density at radius 2 is 2.00 bits per heavy atom. The summed E-state index contributed by atoms with van der Waals surface area (Å²) < 4.78 is 18.7. The van der Waals surface area contributed by atoms with Gasteiger partial charge in [0.15, 0.2) is 11.6 Å². The number of rotatable bonds is 2. The number of nitrogens with zero attached hydrogens (tertiary/aromatic N) is 1. The van der Waals surface area contributed by atoms with Crippen molar-refractivity contribution in [1.82, 2.24) is 0 Å². The van der Waals surface area contributed by atoms with E-state index in [0.29, 0.717) is 23.6 Å². The first-order chi connectivity index (χ1) is 8.93. The minimum absolute atomic E-state index is 0.252. The first-order valence-electron chi connectivity index (χ1n) is 6.83. The maximum absolute atomic E-state index is 13.6. The van der Waals surface area contributed by atoms with Crippen molar-refractivity contribution in [2.45, 2.75) is 33.2 Å². The van der Waals surface area contributed by atoms with Gasteiger partial charge in [0.25, 0.3) is 0 Å². The first-order valence-corrected chi connectivity index (χ1v) is 6.83. The molecule has 3 nitrogen and oxygen atoms in total. The van der Waals surface area contributed by atoms with E-state index >= 15 is 0 Å². The number of nitrogen functional groups attached to an aromatic ring is 1. The molecule has 0 amide bonds. The summed E-state index contributed by atoms with van der Waals surface area (Å²) in [5, 5.41) is 0. The lowest BCUT2D eigenvalue weighted by molar-refractivity contribution is 0.297. The van der Waals surface area contributed by atoms with Gasteiger partial charge in [0.05, 0.1) is 18.5 Å². The lowest BCUT2D eigenvalue weighted by atomic mass is 9.85. The molecule has 0 aliphatic carbocycles. The summed E-state index contributed by atoms with van der Waals surface area (Å²) >= 11 is 0. The fourth-order valence-corrected chi connectivity index (χ4v) is 3.00. The topological polar surface area (TPSA) is 38.5 Å². The van der Waals surface area contributed by atoms with Crippen LogP contribution in [0.25, 0.3) is 0 Å². The number of piperidine rings is 1. The molecule has 1 fully saturated rings. The van der Waals surface area contributed by atoms with Crippen LogP contribution in [-0.2, 0) is 0 Å². The molecule has 0 bridgehead atoms. The van der Waals surface area contributed by atoms with Gasteiger partial charge in [-0.05, 0) is 25.2 Å². The van der Waals surface area contributed by atoms with Crippen molar-refractivity contribution in [3.8, 4) is 5.75 Å². The lowest BCUT2D eigenvalue weighted by Crippen LogP contribution is -2.46. The molecule has 19 heavy (non-hydrogen) atoms. The number of methoxy groups -OCH3 is 1. The summed E-state index contributed by atoms with van der Waals surface area (Å²) in [6.45, 7) is 7.65. The van der Waals surface area contributed by atoms with Crippen molar-refractivity contribution in [1.29, 1.82) is 0 Å². The zero-order chi connectivity index (χ0) is 14.2. The molecule has 4 heteroatoms. The van der Waals surface area contributed by atoms with E-state index in [1.165, 1.54) is 19.6 Å². The number of benzene rings is 1. The quantitative estimate of drug-likeness (QED) is 0.835. The van der Waals surface area contributed by atoms with E-state index in [0.717, 1.165) is 12.2 Å². The standard InChI is InChI=1S/C15H23FN2O/c1-9-5-10(2)11(3)18(8-9)14-7-15(19-4)12(16)6-13(14)17/h6-7,9-11H,5,8,17H2,1-4H3. The van der Waals surface area contributed by atoms with E-state index in [-0.39, 0.29) is 5.75 Å². The number of anilines is 2. The van der Waals surface area contributed by atoms with Crippen LogP contribution in [0, 0.1) is 17.7 Å². The third-order valence-corrected chi connectivity index (χ3v) is 4.21. The molecule has 1 aliphatic rings. The largest absolute Gasteiger partial charge is 0.494 e. The fourth-order valence-electron chi connectivity index (χ4n) is 3.00. The second-order valence-corrected chi connectivity index (χ2v) is 5.76. The van der Waals surface area contributed by atoms with Crippen molar-refractivity contribution in [3.05, 3.63) is 17.9 Å². The molecule has 1 aromatic carbocycles. The molecular formula is C15H23FN2O. The highest BCUT2D eigenvalue weighted by Crippen LogP contribution is 2.37. The van der Waals surface area contributed by atoms with Crippen LogP contribution in [0.2, 0.25) is 0 Å². The van der Waals surface area contributed by atoms with E-state index in [1.807, 2.05) is 0 Å². The van der Waals surface area contributed by atoms with Crippen LogP contribution in [-0.4, -0.2) is 19.7 Å². The summed E-state index contributed by atoms with van der Waals surface area (Å²) in [5.41, 5.74) is 7.35. The average molecular weight is 266 g/mol. The van der Waals surface area contributed by atoms with Crippen LogP contribution in [0.15, 0.2) is 12.1 Å². The van der Waals surface area contributed by atoms with E-state index in [1.54, 1.807) is 6.07 Å². The first kappa shape index (κ1) is 14.0. The Morgan fingerprint density at radius 3 is 2.63 bits per heavy atom. The Morgan fingerprint density at radius 1 is 1.32 bits per heavy atom. The van der Waals surface area contributed by atoms with Crippen molar-refractivity contribution in [2.24, 2.45) is 11.8 Å². The van der Waals surface area contributed by atoms with E-state index in [4.69, 9.17) is 10.5 Å². The Labute approximate surface area is 114 Å². The Bertz CT molecular complexity index is 464. The smallest absolute Gasteiger partial charge is 0.167 e.